The second kappa shape index (κ2) is 7.06. The molecule has 132 valence electrons. The van der Waals surface area contributed by atoms with Gasteiger partial charge in [0.15, 0.2) is 0 Å². The zero-order chi connectivity index (χ0) is 18.7. The molecular weight excluding hydrogens is 338 g/mol. The quantitative estimate of drug-likeness (QED) is 0.385. The number of hydrogen-bond acceptors (Lipinski definition) is 5. The summed E-state index contributed by atoms with van der Waals surface area (Å²) in [6, 6.07) is 12.7. The molecule has 2 aromatic rings. The van der Waals surface area contributed by atoms with Crippen LogP contribution in [0.25, 0.3) is 6.08 Å². The standard InChI is InChI=1S/C18H15N3O5/c1-2-26-16-9-8-14(21(24)25)10-12(16)11-15-17(22)19-20(18(15)23)13-6-4-3-5-7-13/h3-11H,2H2,1H3,(H,19,22). The van der Waals surface area contributed by atoms with Crippen molar-refractivity contribution < 1.29 is 19.2 Å². The molecule has 0 atom stereocenters. The number of non-ortho nitro benzene ring substituents is 1. The van der Waals surface area contributed by atoms with Crippen LogP contribution in [0.3, 0.4) is 0 Å². The number of hydrogen-bond donors (Lipinski definition) is 1. The van der Waals surface area contributed by atoms with Crippen molar-refractivity contribution in [3.8, 4) is 5.75 Å². The summed E-state index contributed by atoms with van der Waals surface area (Å²) in [6.07, 6.45) is 1.30. The third-order valence-corrected chi connectivity index (χ3v) is 3.71. The zero-order valence-corrected chi connectivity index (χ0v) is 13.8. The number of amides is 2. The molecule has 8 heteroatoms. The van der Waals surface area contributed by atoms with Crippen LogP contribution in [-0.2, 0) is 9.59 Å². The van der Waals surface area contributed by atoms with E-state index in [-0.39, 0.29) is 16.8 Å². The molecule has 0 saturated carbocycles. The van der Waals surface area contributed by atoms with Crippen LogP contribution in [0, 0.1) is 10.1 Å². The van der Waals surface area contributed by atoms with Gasteiger partial charge in [-0.05, 0) is 31.2 Å². The molecule has 1 fully saturated rings. The Balaban J connectivity index is 2.01. The van der Waals surface area contributed by atoms with E-state index in [0.717, 1.165) is 5.01 Å². The van der Waals surface area contributed by atoms with E-state index >= 15 is 0 Å². The molecule has 0 aromatic heterocycles. The van der Waals surface area contributed by atoms with E-state index < -0.39 is 16.7 Å². The number of carbonyl (C=O) groups is 2. The summed E-state index contributed by atoms with van der Waals surface area (Å²) in [5, 5.41) is 12.1. The molecule has 0 aliphatic carbocycles. The highest BCUT2D eigenvalue weighted by atomic mass is 16.6. The minimum absolute atomic E-state index is 0.129. The fourth-order valence-electron chi connectivity index (χ4n) is 2.52. The van der Waals surface area contributed by atoms with E-state index in [9.17, 15) is 19.7 Å². The van der Waals surface area contributed by atoms with Crippen molar-refractivity contribution in [1.29, 1.82) is 0 Å². The molecule has 1 aliphatic rings. The van der Waals surface area contributed by atoms with Crippen LogP contribution in [0.5, 0.6) is 5.75 Å². The molecule has 2 aromatic carbocycles. The number of benzene rings is 2. The lowest BCUT2D eigenvalue weighted by Gasteiger charge is -2.13. The van der Waals surface area contributed by atoms with Gasteiger partial charge in [0.2, 0.25) is 0 Å². The Bertz CT molecular complexity index is 908. The van der Waals surface area contributed by atoms with Crippen molar-refractivity contribution in [3.05, 3.63) is 69.8 Å². The van der Waals surface area contributed by atoms with Gasteiger partial charge in [-0.2, -0.15) is 0 Å². The maximum absolute atomic E-state index is 12.6. The van der Waals surface area contributed by atoms with E-state index in [4.69, 9.17) is 4.74 Å². The van der Waals surface area contributed by atoms with Crippen LogP contribution in [-0.4, -0.2) is 23.3 Å². The van der Waals surface area contributed by atoms with Gasteiger partial charge < -0.3 is 4.74 Å². The van der Waals surface area contributed by atoms with E-state index in [2.05, 4.69) is 5.43 Å². The molecule has 26 heavy (non-hydrogen) atoms. The van der Waals surface area contributed by atoms with Crippen molar-refractivity contribution >= 4 is 29.3 Å². The average Bonchev–Trinajstić information content (AvgIpc) is 2.92. The molecule has 1 saturated heterocycles. The lowest BCUT2D eigenvalue weighted by atomic mass is 10.1. The van der Waals surface area contributed by atoms with Gasteiger partial charge in [-0.15, -0.1) is 0 Å². The molecule has 1 N–H and O–H groups in total. The third kappa shape index (κ3) is 3.25. The summed E-state index contributed by atoms with van der Waals surface area (Å²) in [5.74, 6) is -0.785. The summed E-state index contributed by atoms with van der Waals surface area (Å²) in [4.78, 5) is 35.3. The average molecular weight is 353 g/mol. The van der Waals surface area contributed by atoms with E-state index in [1.165, 1.54) is 24.3 Å². The van der Waals surface area contributed by atoms with E-state index in [1.807, 2.05) is 0 Å². The topological polar surface area (TPSA) is 102 Å². The molecule has 0 spiro atoms. The predicted octanol–water partition coefficient (Wildman–Crippen LogP) is 2.45. The number of hydrazine groups is 1. The van der Waals surface area contributed by atoms with Gasteiger partial charge in [0.25, 0.3) is 17.5 Å². The smallest absolute Gasteiger partial charge is 0.282 e. The van der Waals surface area contributed by atoms with E-state index in [0.29, 0.717) is 18.0 Å². The third-order valence-electron chi connectivity index (χ3n) is 3.71. The summed E-state index contributed by atoms with van der Waals surface area (Å²) >= 11 is 0. The molecule has 0 radical (unpaired) electrons. The first kappa shape index (κ1) is 17.2. The Morgan fingerprint density at radius 2 is 1.92 bits per heavy atom. The Hall–Kier alpha value is -3.68. The molecule has 0 bridgehead atoms. The number of nitro benzene ring substituents is 1. The second-order valence-electron chi connectivity index (χ2n) is 5.39. The largest absolute Gasteiger partial charge is 0.493 e. The number of para-hydroxylation sites is 1. The number of rotatable bonds is 5. The van der Waals surface area contributed by atoms with Gasteiger partial charge in [-0.25, -0.2) is 5.01 Å². The first-order chi connectivity index (χ1) is 12.5. The lowest BCUT2D eigenvalue weighted by Crippen LogP contribution is -2.35. The van der Waals surface area contributed by atoms with Crippen molar-refractivity contribution in [2.75, 3.05) is 11.6 Å². The van der Waals surface area contributed by atoms with E-state index in [1.54, 1.807) is 37.3 Å². The summed E-state index contributed by atoms with van der Waals surface area (Å²) in [7, 11) is 0. The normalized spacial score (nSPS) is 15.3. The second-order valence-corrected chi connectivity index (χ2v) is 5.39. The first-order valence-electron chi connectivity index (χ1n) is 7.84. The molecule has 8 nitrogen and oxygen atoms in total. The Morgan fingerprint density at radius 3 is 2.58 bits per heavy atom. The van der Waals surface area contributed by atoms with Crippen molar-refractivity contribution in [2.24, 2.45) is 0 Å². The monoisotopic (exact) mass is 353 g/mol. The van der Waals surface area contributed by atoms with Crippen molar-refractivity contribution in [3.63, 3.8) is 0 Å². The highest BCUT2D eigenvalue weighted by Crippen LogP contribution is 2.28. The minimum Gasteiger partial charge on any atom is -0.493 e. The molecule has 1 heterocycles. The minimum atomic E-state index is -0.590. The number of ether oxygens (including phenoxy) is 1. The Labute approximate surface area is 148 Å². The molecule has 3 rings (SSSR count). The summed E-state index contributed by atoms with van der Waals surface area (Å²) < 4.78 is 5.44. The highest BCUT2D eigenvalue weighted by molar-refractivity contribution is 6.31. The molecule has 1 aliphatic heterocycles. The van der Waals surface area contributed by atoms with Crippen LogP contribution >= 0.6 is 0 Å². The maximum atomic E-state index is 12.6. The van der Waals surface area contributed by atoms with Crippen LogP contribution in [0.2, 0.25) is 0 Å². The van der Waals surface area contributed by atoms with Crippen LogP contribution in [0.1, 0.15) is 12.5 Å². The van der Waals surface area contributed by atoms with Gasteiger partial charge in [-0.1, -0.05) is 18.2 Å². The van der Waals surface area contributed by atoms with Gasteiger partial charge >= 0.3 is 0 Å². The zero-order valence-electron chi connectivity index (χ0n) is 13.8. The lowest BCUT2D eigenvalue weighted by molar-refractivity contribution is -0.384. The van der Waals surface area contributed by atoms with Crippen molar-refractivity contribution in [2.45, 2.75) is 6.92 Å². The van der Waals surface area contributed by atoms with Crippen LogP contribution in [0.15, 0.2) is 54.1 Å². The van der Waals surface area contributed by atoms with Crippen LogP contribution < -0.4 is 15.2 Å². The fourth-order valence-corrected chi connectivity index (χ4v) is 2.52. The molecule has 2 amide bonds. The van der Waals surface area contributed by atoms with Gasteiger partial charge in [0.1, 0.15) is 11.3 Å². The number of nitrogens with one attached hydrogen (secondary N) is 1. The Morgan fingerprint density at radius 1 is 1.19 bits per heavy atom. The van der Waals surface area contributed by atoms with Gasteiger partial charge in [-0.3, -0.25) is 25.1 Å². The number of anilines is 1. The fraction of sp³-hybridized carbons (Fsp3) is 0.111. The SMILES string of the molecule is CCOc1ccc([N+](=O)[O-])cc1C=C1C(=O)NN(c2ccccc2)C1=O. The summed E-state index contributed by atoms with van der Waals surface area (Å²) in [6.45, 7) is 2.10. The molecular formula is C18H15N3O5. The molecule has 0 unspecified atom stereocenters. The van der Waals surface area contributed by atoms with Gasteiger partial charge in [0, 0.05) is 17.7 Å². The maximum Gasteiger partial charge on any atom is 0.282 e. The van der Waals surface area contributed by atoms with Crippen LogP contribution in [0.4, 0.5) is 11.4 Å². The summed E-state index contributed by atoms with van der Waals surface area (Å²) in [5.41, 5.74) is 2.99. The first-order valence-corrected chi connectivity index (χ1v) is 7.84. The predicted molar refractivity (Wildman–Crippen MR) is 94.3 cm³/mol. The Kier molecular flexibility index (Phi) is 4.66. The van der Waals surface area contributed by atoms with Crippen molar-refractivity contribution in [1.82, 2.24) is 5.43 Å². The number of nitro groups is 1. The highest BCUT2D eigenvalue weighted by Gasteiger charge is 2.34. The van der Waals surface area contributed by atoms with Gasteiger partial charge in [0.05, 0.1) is 17.2 Å². The number of nitrogens with zero attached hydrogens (tertiary/aromatic N) is 2. The number of carbonyl (C=O) groups excluding carboxylic acids is 2.